The minimum absolute atomic E-state index is 0.0852. The van der Waals surface area contributed by atoms with E-state index in [-0.39, 0.29) is 12.7 Å². The van der Waals surface area contributed by atoms with Gasteiger partial charge in [-0.05, 0) is 48.7 Å². The van der Waals surface area contributed by atoms with Gasteiger partial charge in [-0.3, -0.25) is 4.57 Å². The first-order valence-corrected chi connectivity index (χ1v) is 9.92. The second kappa shape index (κ2) is 10.1. The van der Waals surface area contributed by atoms with Crippen LogP contribution in [0.3, 0.4) is 0 Å². The molecule has 0 fully saturated rings. The highest BCUT2D eigenvalue weighted by atomic mass is 16.6. The summed E-state index contributed by atoms with van der Waals surface area (Å²) < 4.78 is 17.8. The molecule has 0 saturated carbocycles. The number of nitrogens with one attached hydrogen (secondary N) is 1. The molecule has 2 aromatic rings. The summed E-state index contributed by atoms with van der Waals surface area (Å²) >= 11 is 0. The lowest BCUT2D eigenvalue weighted by atomic mass is 10.2. The van der Waals surface area contributed by atoms with Crippen molar-refractivity contribution < 1.29 is 19.0 Å². The van der Waals surface area contributed by atoms with Crippen molar-refractivity contribution in [3.05, 3.63) is 64.7 Å². The van der Waals surface area contributed by atoms with Gasteiger partial charge in [0.15, 0.2) is 6.23 Å². The van der Waals surface area contributed by atoms with E-state index in [9.17, 15) is 9.59 Å². The average Bonchev–Trinajstić information content (AvgIpc) is 2.76. The van der Waals surface area contributed by atoms with E-state index in [1.54, 1.807) is 49.7 Å². The number of aromatic nitrogens is 2. The van der Waals surface area contributed by atoms with Gasteiger partial charge in [0.05, 0.1) is 18.8 Å². The van der Waals surface area contributed by atoms with Crippen LogP contribution in [0.25, 0.3) is 0 Å². The highest BCUT2D eigenvalue weighted by molar-refractivity contribution is 5.89. The molecule has 160 valence electrons. The fourth-order valence-corrected chi connectivity index (χ4v) is 2.90. The van der Waals surface area contributed by atoms with Crippen LogP contribution in [0.2, 0.25) is 0 Å². The van der Waals surface area contributed by atoms with E-state index >= 15 is 0 Å². The van der Waals surface area contributed by atoms with Crippen molar-refractivity contribution in [3.8, 4) is 5.75 Å². The highest BCUT2D eigenvalue weighted by Crippen LogP contribution is 2.20. The van der Waals surface area contributed by atoms with Crippen molar-refractivity contribution in [1.82, 2.24) is 9.55 Å². The van der Waals surface area contributed by atoms with Gasteiger partial charge >= 0.3 is 11.7 Å². The molecule has 1 aliphatic rings. The predicted octanol–water partition coefficient (Wildman–Crippen LogP) is 3.02. The molecule has 1 aliphatic heterocycles. The van der Waals surface area contributed by atoms with E-state index in [1.165, 1.54) is 4.57 Å². The Morgan fingerprint density at radius 1 is 1.30 bits per heavy atom. The van der Waals surface area contributed by atoms with Gasteiger partial charge in [-0.25, -0.2) is 9.59 Å². The zero-order chi connectivity index (χ0) is 21.5. The lowest BCUT2D eigenvalue weighted by Gasteiger charge is -2.26. The highest BCUT2D eigenvalue weighted by Gasteiger charge is 2.22. The summed E-state index contributed by atoms with van der Waals surface area (Å²) in [4.78, 5) is 28.7. The fourth-order valence-electron chi connectivity index (χ4n) is 2.90. The normalized spacial score (nSPS) is 18.3. The molecule has 1 N–H and O–H groups in total. The number of nitrogens with zero attached hydrogens (tertiary/aromatic N) is 2. The van der Waals surface area contributed by atoms with Crippen LogP contribution in [0.4, 0.5) is 5.82 Å². The monoisotopic (exact) mass is 413 g/mol. The van der Waals surface area contributed by atoms with Crippen molar-refractivity contribution in [2.24, 2.45) is 5.92 Å². The Hall–Kier alpha value is -3.13. The van der Waals surface area contributed by atoms with Crippen LogP contribution in [0.15, 0.2) is 53.5 Å². The zero-order valence-electron chi connectivity index (χ0n) is 17.4. The van der Waals surface area contributed by atoms with Crippen LogP contribution in [-0.4, -0.2) is 41.9 Å². The van der Waals surface area contributed by atoms with E-state index in [2.05, 4.69) is 24.1 Å². The van der Waals surface area contributed by atoms with Gasteiger partial charge in [-0.2, -0.15) is 4.98 Å². The maximum Gasteiger partial charge on any atom is 0.351 e. The third-order valence-electron chi connectivity index (χ3n) is 4.55. The second-order valence-corrected chi connectivity index (χ2v) is 7.42. The zero-order valence-corrected chi connectivity index (χ0v) is 17.4. The average molecular weight is 413 g/mol. The Balaban J connectivity index is 1.57. The molecule has 0 spiro atoms. The summed E-state index contributed by atoms with van der Waals surface area (Å²) in [5, 5.41) is 3.13. The Bertz CT molecular complexity index is 937. The van der Waals surface area contributed by atoms with Crippen LogP contribution in [0.1, 0.15) is 36.9 Å². The number of hydrogen-bond acceptors (Lipinski definition) is 7. The molecule has 1 aromatic carbocycles. The molecule has 2 atom stereocenters. The van der Waals surface area contributed by atoms with E-state index < -0.39 is 17.9 Å². The van der Waals surface area contributed by atoms with Gasteiger partial charge in [0.1, 0.15) is 18.2 Å². The van der Waals surface area contributed by atoms with Crippen molar-refractivity contribution in [2.75, 3.05) is 25.6 Å². The topological polar surface area (TPSA) is 91.7 Å². The summed E-state index contributed by atoms with van der Waals surface area (Å²) in [5.74, 6) is 1.21. The Morgan fingerprint density at radius 3 is 2.73 bits per heavy atom. The fraction of sp³-hybridized carbons (Fsp3) is 0.409. The summed E-state index contributed by atoms with van der Waals surface area (Å²) in [6, 6.07) is 8.43. The first kappa shape index (κ1) is 21.6. The van der Waals surface area contributed by atoms with Crippen molar-refractivity contribution in [1.29, 1.82) is 0 Å². The van der Waals surface area contributed by atoms with Crippen molar-refractivity contribution in [3.63, 3.8) is 0 Å². The second-order valence-electron chi connectivity index (χ2n) is 7.42. The number of ether oxygens (including phenoxy) is 3. The first-order valence-electron chi connectivity index (χ1n) is 9.92. The van der Waals surface area contributed by atoms with E-state index in [0.29, 0.717) is 29.5 Å². The molecule has 0 saturated heterocycles. The number of methoxy groups -OCH3 is 1. The predicted molar refractivity (Wildman–Crippen MR) is 113 cm³/mol. The summed E-state index contributed by atoms with van der Waals surface area (Å²) in [5.41, 5.74) is 0.0258. The maximum atomic E-state index is 12.4. The minimum Gasteiger partial charge on any atom is -0.497 e. The van der Waals surface area contributed by atoms with Crippen LogP contribution < -0.4 is 15.7 Å². The maximum absolute atomic E-state index is 12.4. The molecule has 3 rings (SSSR count). The summed E-state index contributed by atoms with van der Waals surface area (Å²) in [7, 11) is 1.56. The number of esters is 1. The molecule has 0 bridgehead atoms. The van der Waals surface area contributed by atoms with E-state index in [4.69, 9.17) is 14.2 Å². The van der Waals surface area contributed by atoms with E-state index in [0.717, 1.165) is 6.54 Å². The van der Waals surface area contributed by atoms with Gasteiger partial charge < -0.3 is 19.5 Å². The lowest BCUT2D eigenvalue weighted by molar-refractivity contribution is -0.0638. The smallest absolute Gasteiger partial charge is 0.351 e. The molecule has 30 heavy (non-hydrogen) atoms. The number of hydrogen-bond donors (Lipinski definition) is 1. The molecule has 0 aliphatic carbocycles. The molecule has 8 nitrogen and oxygen atoms in total. The van der Waals surface area contributed by atoms with Gasteiger partial charge in [-0.15, -0.1) is 0 Å². The SMILES string of the molecule is COc1ccc(C(=O)OC[C@@H]2CC=C[C@H](n3ccc(NCC(C)C)nc3=O)O2)cc1. The van der Waals surface area contributed by atoms with Crippen molar-refractivity contribution in [2.45, 2.75) is 32.6 Å². The molecular formula is C22H27N3O5. The Morgan fingerprint density at radius 2 is 2.07 bits per heavy atom. The molecule has 0 amide bonds. The summed E-state index contributed by atoms with van der Waals surface area (Å²) in [6.45, 7) is 4.98. The van der Waals surface area contributed by atoms with Gasteiger partial charge in [-0.1, -0.05) is 19.9 Å². The van der Waals surface area contributed by atoms with Crippen LogP contribution in [0, 0.1) is 5.92 Å². The van der Waals surface area contributed by atoms with Gasteiger partial charge in [0.2, 0.25) is 0 Å². The number of carbonyl (C=O) groups excluding carboxylic acids is 1. The molecular weight excluding hydrogens is 386 g/mol. The molecule has 2 heterocycles. The molecule has 0 radical (unpaired) electrons. The van der Waals surface area contributed by atoms with Crippen molar-refractivity contribution >= 4 is 11.8 Å². The van der Waals surface area contributed by atoms with Crippen LogP contribution >= 0.6 is 0 Å². The molecule has 0 unspecified atom stereocenters. The quantitative estimate of drug-likeness (QED) is 0.525. The molecule has 1 aromatic heterocycles. The largest absolute Gasteiger partial charge is 0.497 e. The Labute approximate surface area is 175 Å². The number of carbonyl (C=O) groups is 1. The van der Waals surface area contributed by atoms with Crippen LogP contribution in [0.5, 0.6) is 5.75 Å². The third-order valence-corrected chi connectivity index (χ3v) is 4.55. The number of rotatable bonds is 8. The lowest BCUT2D eigenvalue weighted by Crippen LogP contribution is -2.33. The minimum atomic E-state index is -0.595. The third kappa shape index (κ3) is 5.70. The van der Waals surface area contributed by atoms with Gasteiger partial charge in [0.25, 0.3) is 0 Å². The van der Waals surface area contributed by atoms with Gasteiger partial charge in [0, 0.05) is 12.7 Å². The molecule has 8 heteroatoms. The van der Waals surface area contributed by atoms with E-state index in [1.807, 2.05) is 6.08 Å². The standard InChI is InChI=1S/C22H27N3O5/c1-15(2)13-23-19-11-12-25(22(27)24-19)20-6-4-5-18(30-20)14-29-21(26)16-7-9-17(28-3)10-8-16/h4,6-12,15,18,20H,5,13-14H2,1-3H3,(H,23,24,27)/t18-,20+/m0/s1. The number of anilines is 1. The summed E-state index contributed by atoms with van der Waals surface area (Å²) in [6.07, 6.45) is 5.00. The first-order chi connectivity index (χ1) is 14.5. The number of benzene rings is 1. The Kier molecular flexibility index (Phi) is 7.24. The van der Waals surface area contributed by atoms with Crippen LogP contribution in [-0.2, 0) is 9.47 Å².